The van der Waals surface area contributed by atoms with Crippen molar-refractivity contribution in [3.63, 3.8) is 0 Å². The van der Waals surface area contributed by atoms with Crippen LogP contribution >= 0.6 is 0 Å². The van der Waals surface area contributed by atoms with Gasteiger partial charge in [-0.2, -0.15) is 4.39 Å². The van der Waals surface area contributed by atoms with E-state index in [0.717, 1.165) is 0 Å². The predicted octanol–water partition coefficient (Wildman–Crippen LogP) is 1.57. The highest BCUT2D eigenvalue weighted by Gasteiger charge is 2.25. The number of hydrogen-bond acceptors (Lipinski definition) is 4. The summed E-state index contributed by atoms with van der Waals surface area (Å²) < 4.78 is 17.9. The first-order valence-corrected chi connectivity index (χ1v) is 6.95. The highest BCUT2D eigenvalue weighted by molar-refractivity contribution is 5.92. The molecule has 114 valence electrons. The van der Waals surface area contributed by atoms with Gasteiger partial charge in [-0.05, 0) is 31.9 Å². The second kappa shape index (κ2) is 7.01. The minimum Gasteiger partial charge on any atom is -0.450 e. The van der Waals surface area contributed by atoms with Crippen molar-refractivity contribution >= 4 is 12.0 Å². The standard InChI is InChI=1S/C14H18FN3O3/c1-2-21-14(20)18-8-6-10(7-9-18)16-13(19)11-4-3-5-12(15)17-11/h3-5,10H,2,6-9H2,1H3,(H,16,19). The van der Waals surface area contributed by atoms with E-state index in [1.807, 2.05) is 0 Å². The number of carbonyl (C=O) groups excluding carboxylic acids is 2. The van der Waals surface area contributed by atoms with Crippen LogP contribution in [0.25, 0.3) is 0 Å². The third-order valence-electron chi connectivity index (χ3n) is 3.30. The molecule has 0 aliphatic carbocycles. The van der Waals surface area contributed by atoms with Crippen LogP contribution in [0.15, 0.2) is 18.2 Å². The lowest BCUT2D eigenvalue weighted by molar-refractivity contribution is 0.0856. The summed E-state index contributed by atoms with van der Waals surface area (Å²) >= 11 is 0. The maximum Gasteiger partial charge on any atom is 0.409 e. The van der Waals surface area contributed by atoms with Crippen LogP contribution in [-0.4, -0.2) is 47.6 Å². The molecule has 21 heavy (non-hydrogen) atoms. The molecule has 0 unspecified atom stereocenters. The first-order chi connectivity index (χ1) is 10.1. The number of ether oxygens (including phenoxy) is 1. The van der Waals surface area contributed by atoms with Gasteiger partial charge in [-0.3, -0.25) is 4.79 Å². The summed E-state index contributed by atoms with van der Waals surface area (Å²) in [4.78, 5) is 28.6. The van der Waals surface area contributed by atoms with Crippen LogP contribution in [0.3, 0.4) is 0 Å². The van der Waals surface area contributed by atoms with E-state index >= 15 is 0 Å². The van der Waals surface area contributed by atoms with Crippen molar-refractivity contribution in [3.05, 3.63) is 29.8 Å². The molecule has 2 rings (SSSR count). The van der Waals surface area contributed by atoms with Gasteiger partial charge in [0.15, 0.2) is 0 Å². The molecule has 0 spiro atoms. The van der Waals surface area contributed by atoms with E-state index in [2.05, 4.69) is 10.3 Å². The smallest absolute Gasteiger partial charge is 0.409 e. The average Bonchev–Trinajstić information content (AvgIpc) is 2.48. The monoisotopic (exact) mass is 295 g/mol. The first kappa shape index (κ1) is 15.2. The number of hydrogen-bond donors (Lipinski definition) is 1. The molecule has 1 aromatic rings. The van der Waals surface area contributed by atoms with Gasteiger partial charge in [0.05, 0.1) is 6.61 Å². The molecule has 7 heteroatoms. The van der Waals surface area contributed by atoms with Crippen LogP contribution in [0.1, 0.15) is 30.3 Å². The highest BCUT2D eigenvalue weighted by Crippen LogP contribution is 2.12. The molecular weight excluding hydrogens is 277 g/mol. The molecule has 6 nitrogen and oxygen atoms in total. The van der Waals surface area contributed by atoms with Gasteiger partial charge in [-0.25, -0.2) is 9.78 Å². The maximum absolute atomic E-state index is 13.0. The summed E-state index contributed by atoms with van der Waals surface area (Å²) in [7, 11) is 0. The van der Waals surface area contributed by atoms with E-state index in [0.29, 0.717) is 32.5 Å². The molecule has 1 N–H and O–H groups in total. The third kappa shape index (κ3) is 4.14. The van der Waals surface area contributed by atoms with E-state index in [-0.39, 0.29) is 17.8 Å². The minimum atomic E-state index is -0.681. The summed E-state index contributed by atoms with van der Waals surface area (Å²) in [5.74, 6) is -1.08. The Morgan fingerprint density at radius 2 is 2.14 bits per heavy atom. The fourth-order valence-electron chi connectivity index (χ4n) is 2.22. The lowest BCUT2D eigenvalue weighted by atomic mass is 10.1. The number of piperidine rings is 1. The van der Waals surface area contributed by atoms with Crippen LogP contribution < -0.4 is 5.32 Å². The van der Waals surface area contributed by atoms with Gasteiger partial charge >= 0.3 is 6.09 Å². The highest BCUT2D eigenvalue weighted by atomic mass is 19.1. The molecule has 1 aliphatic rings. The van der Waals surface area contributed by atoms with Crippen molar-refractivity contribution in [1.82, 2.24) is 15.2 Å². The number of carbonyl (C=O) groups is 2. The quantitative estimate of drug-likeness (QED) is 0.859. The third-order valence-corrected chi connectivity index (χ3v) is 3.30. The second-order valence-electron chi connectivity index (χ2n) is 4.78. The zero-order chi connectivity index (χ0) is 15.2. The van der Waals surface area contributed by atoms with E-state index in [1.54, 1.807) is 11.8 Å². The predicted molar refractivity (Wildman–Crippen MR) is 73.3 cm³/mol. The largest absolute Gasteiger partial charge is 0.450 e. The Bertz CT molecular complexity index is 516. The Kier molecular flexibility index (Phi) is 5.08. The van der Waals surface area contributed by atoms with Gasteiger partial charge < -0.3 is 15.0 Å². The molecule has 1 saturated heterocycles. The summed E-state index contributed by atoms with van der Waals surface area (Å²) in [6, 6.07) is 4.05. The number of rotatable bonds is 3. The summed E-state index contributed by atoms with van der Waals surface area (Å²) in [6.45, 7) is 3.17. The lowest BCUT2D eigenvalue weighted by Crippen LogP contribution is -2.46. The average molecular weight is 295 g/mol. The van der Waals surface area contributed by atoms with Crippen molar-refractivity contribution in [2.45, 2.75) is 25.8 Å². The van der Waals surface area contributed by atoms with Gasteiger partial charge in [-0.15, -0.1) is 0 Å². The van der Waals surface area contributed by atoms with Crippen LogP contribution in [0.5, 0.6) is 0 Å². The maximum atomic E-state index is 13.0. The van der Waals surface area contributed by atoms with E-state index in [4.69, 9.17) is 4.74 Å². The Morgan fingerprint density at radius 1 is 1.43 bits per heavy atom. The molecule has 1 fully saturated rings. The van der Waals surface area contributed by atoms with Crippen molar-refractivity contribution in [2.24, 2.45) is 0 Å². The molecule has 2 amide bonds. The van der Waals surface area contributed by atoms with Crippen molar-refractivity contribution in [1.29, 1.82) is 0 Å². The molecule has 0 radical (unpaired) electrons. The number of aromatic nitrogens is 1. The zero-order valence-corrected chi connectivity index (χ0v) is 11.8. The van der Waals surface area contributed by atoms with Gasteiger partial charge in [0.1, 0.15) is 5.69 Å². The Balaban J connectivity index is 1.83. The number of amides is 2. The van der Waals surface area contributed by atoms with Crippen molar-refractivity contribution in [3.8, 4) is 0 Å². The molecule has 0 atom stereocenters. The van der Waals surface area contributed by atoms with Crippen LogP contribution in [0.4, 0.5) is 9.18 Å². The number of halogens is 1. The van der Waals surface area contributed by atoms with Gasteiger partial charge in [0.25, 0.3) is 5.91 Å². The van der Waals surface area contributed by atoms with Crippen LogP contribution in [0, 0.1) is 5.95 Å². The molecular formula is C14H18FN3O3. The van der Waals surface area contributed by atoms with Gasteiger partial charge in [0, 0.05) is 19.1 Å². The number of nitrogens with zero attached hydrogens (tertiary/aromatic N) is 2. The molecule has 0 saturated carbocycles. The molecule has 2 heterocycles. The number of likely N-dealkylation sites (tertiary alicyclic amines) is 1. The fourth-order valence-corrected chi connectivity index (χ4v) is 2.22. The number of nitrogens with one attached hydrogen (secondary N) is 1. The number of pyridine rings is 1. The van der Waals surface area contributed by atoms with E-state index in [9.17, 15) is 14.0 Å². The lowest BCUT2D eigenvalue weighted by Gasteiger charge is -2.31. The molecule has 0 bridgehead atoms. The minimum absolute atomic E-state index is 0.0479. The van der Waals surface area contributed by atoms with Crippen LogP contribution in [-0.2, 0) is 4.74 Å². The Morgan fingerprint density at radius 3 is 2.76 bits per heavy atom. The summed E-state index contributed by atoms with van der Waals surface area (Å²) in [5.41, 5.74) is 0.0582. The topological polar surface area (TPSA) is 71.5 Å². The second-order valence-corrected chi connectivity index (χ2v) is 4.78. The molecule has 0 aromatic carbocycles. The molecule has 1 aromatic heterocycles. The SMILES string of the molecule is CCOC(=O)N1CCC(NC(=O)c2cccc(F)n2)CC1. The summed E-state index contributed by atoms with van der Waals surface area (Å²) in [5, 5.41) is 2.81. The first-order valence-electron chi connectivity index (χ1n) is 6.95. The van der Waals surface area contributed by atoms with Crippen LogP contribution in [0.2, 0.25) is 0 Å². The van der Waals surface area contributed by atoms with Gasteiger partial charge in [-0.1, -0.05) is 6.07 Å². The summed E-state index contributed by atoms with van der Waals surface area (Å²) in [6.07, 6.45) is 0.953. The van der Waals surface area contributed by atoms with E-state index < -0.39 is 11.9 Å². The fraction of sp³-hybridized carbons (Fsp3) is 0.500. The van der Waals surface area contributed by atoms with Crippen molar-refractivity contribution < 1.29 is 18.7 Å². The van der Waals surface area contributed by atoms with Crippen molar-refractivity contribution in [2.75, 3.05) is 19.7 Å². The normalized spacial score (nSPS) is 15.6. The zero-order valence-electron chi connectivity index (χ0n) is 11.8. The molecule has 1 aliphatic heterocycles. The Hall–Kier alpha value is -2.18. The van der Waals surface area contributed by atoms with E-state index in [1.165, 1.54) is 18.2 Å². The van der Waals surface area contributed by atoms with Gasteiger partial charge in [0.2, 0.25) is 5.95 Å². The Labute approximate surface area is 122 Å².